The van der Waals surface area contributed by atoms with E-state index in [9.17, 15) is 18.4 Å². The van der Waals surface area contributed by atoms with Crippen LogP contribution in [-0.4, -0.2) is 35.1 Å². The van der Waals surface area contributed by atoms with Crippen LogP contribution in [0.3, 0.4) is 0 Å². The lowest BCUT2D eigenvalue weighted by molar-refractivity contribution is -0.115. The van der Waals surface area contributed by atoms with Crippen LogP contribution in [0.15, 0.2) is 54.7 Å². The van der Waals surface area contributed by atoms with Crippen molar-refractivity contribution in [1.29, 1.82) is 0 Å². The van der Waals surface area contributed by atoms with Crippen LogP contribution >= 0.6 is 0 Å². The smallest absolute Gasteiger partial charge is 0.387 e. The molecule has 3 aromatic rings. The molecule has 0 atom stereocenters. The van der Waals surface area contributed by atoms with Gasteiger partial charge in [0.1, 0.15) is 18.0 Å². The molecule has 0 unspecified atom stereocenters. The van der Waals surface area contributed by atoms with Gasteiger partial charge in [-0.3, -0.25) is 9.69 Å². The van der Waals surface area contributed by atoms with Gasteiger partial charge in [-0.2, -0.15) is 13.8 Å². The summed E-state index contributed by atoms with van der Waals surface area (Å²) in [6.45, 7) is 0.585. The van der Waals surface area contributed by atoms with Gasteiger partial charge in [0.15, 0.2) is 0 Å². The average Bonchev–Trinajstić information content (AvgIpc) is 3.07. The minimum Gasteiger partial charge on any atom is -0.439 e. The second-order valence-electron chi connectivity index (χ2n) is 7.70. The molecular weight excluding hydrogens is 448 g/mol. The molecule has 2 N–H and O–H groups in total. The second kappa shape index (κ2) is 9.30. The van der Waals surface area contributed by atoms with E-state index in [1.807, 2.05) is 13.8 Å². The Balaban J connectivity index is 1.63. The van der Waals surface area contributed by atoms with Crippen LogP contribution in [0, 0.1) is 0 Å². The highest BCUT2D eigenvalue weighted by Gasteiger charge is 2.39. The summed E-state index contributed by atoms with van der Waals surface area (Å²) in [5.74, 6) is 0.130. The summed E-state index contributed by atoms with van der Waals surface area (Å²) in [4.78, 5) is 36.2. The van der Waals surface area contributed by atoms with Crippen LogP contribution in [0.5, 0.6) is 17.4 Å². The Morgan fingerprint density at radius 3 is 2.56 bits per heavy atom. The Kier molecular flexibility index (Phi) is 6.26. The quantitative estimate of drug-likeness (QED) is 0.506. The van der Waals surface area contributed by atoms with E-state index in [1.165, 1.54) is 29.3 Å². The third-order valence-corrected chi connectivity index (χ3v) is 5.05. The van der Waals surface area contributed by atoms with Gasteiger partial charge in [-0.15, -0.1) is 0 Å². The molecule has 1 aliphatic rings. The number of nitrogens with zero attached hydrogens (tertiary/aromatic N) is 4. The summed E-state index contributed by atoms with van der Waals surface area (Å²) < 4.78 is 35.3. The minimum atomic E-state index is -3.00. The maximum absolute atomic E-state index is 13.2. The summed E-state index contributed by atoms with van der Waals surface area (Å²) in [6, 6.07) is 11.5. The Morgan fingerprint density at radius 1 is 1.06 bits per heavy atom. The number of alkyl halides is 2. The number of anilines is 3. The third-order valence-electron chi connectivity index (χ3n) is 5.05. The van der Waals surface area contributed by atoms with Crippen molar-refractivity contribution in [3.05, 3.63) is 60.3 Å². The van der Waals surface area contributed by atoms with Gasteiger partial charge in [-0.1, -0.05) is 19.9 Å². The molecule has 9 nitrogen and oxygen atoms in total. The van der Waals surface area contributed by atoms with E-state index in [-0.39, 0.29) is 35.7 Å². The van der Waals surface area contributed by atoms with Crippen molar-refractivity contribution in [3.63, 3.8) is 0 Å². The van der Waals surface area contributed by atoms with Crippen molar-refractivity contribution in [2.75, 3.05) is 22.1 Å². The molecule has 2 heterocycles. The van der Waals surface area contributed by atoms with Crippen LogP contribution in [0.4, 0.5) is 30.9 Å². The van der Waals surface area contributed by atoms with Gasteiger partial charge in [0.25, 0.3) is 5.91 Å². The molecule has 0 bridgehead atoms. The zero-order chi connectivity index (χ0) is 24.4. The zero-order valence-electron chi connectivity index (χ0n) is 18.3. The Labute approximate surface area is 193 Å². The first kappa shape index (κ1) is 22.9. The molecule has 2 aromatic carbocycles. The molecule has 0 radical (unpaired) electrons. The zero-order valence-corrected chi connectivity index (χ0v) is 18.3. The molecule has 11 heteroatoms. The molecule has 4 rings (SSSR count). The van der Waals surface area contributed by atoms with Gasteiger partial charge in [0, 0.05) is 24.0 Å². The molecule has 176 valence electrons. The number of rotatable bonds is 7. The van der Waals surface area contributed by atoms with Crippen LogP contribution in [0.2, 0.25) is 0 Å². The number of aromatic nitrogens is 2. The maximum Gasteiger partial charge on any atom is 0.387 e. The van der Waals surface area contributed by atoms with Gasteiger partial charge < -0.3 is 15.2 Å². The van der Waals surface area contributed by atoms with Gasteiger partial charge in [0.2, 0.25) is 11.8 Å². The van der Waals surface area contributed by atoms with Crippen LogP contribution < -0.4 is 25.0 Å². The Hall–Kier alpha value is -4.28. The molecule has 34 heavy (non-hydrogen) atoms. The number of carbonyl (C=O) groups excluding carboxylic acids is 2. The summed E-state index contributed by atoms with van der Waals surface area (Å²) in [5, 5.41) is 0. The summed E-state index contributed by atoms with van der Waals surface area (Å²) in [5.41, 5.74) is 6.96. The predicted octanol–water partition coefficient (Wildman–Crippen LogP) is 4.55. The topological polar surface area (TPSA) is 111 Å². The van der Waals surface area contributed by atoms with Crippen molar-refractivity contribution in [1.82, 2.24) is 9.97 Å². The first-order valence-corrected chi connectivity index (χ1v) is 10.3. The lowest BCUT2D eigenvalue weighted by Gasteiger charge is -2.22. The number of nitrogens with two attached hydrogens (primary N) is 1. The van der Waals surface area contributed by atoms with Crippen LogP contribution in [0.25, 0.3) is 0 Å². The van der Waals surface area contributed by atoms with Crippen molar-refractivity contribution in [3.8, 4) is 17.4 Å². The number of halogens is 2. The van der Waals surface area contributed by atoms with E-state index < -0.39 is 18.5 Å². The number of ether oxygens (including phenoxy) is 2. The fourth-order valence-corrected chi connectivity index (χ4v) is 3.56. The number of carbonyl (C=O) groups is 2. The Bertz CT molecular complexity index is 1240. The number of amides is 3. The largest absolute Gasteiger partial charge is 0.439 e. The number of hydrogen-bond donors (Lipinski definition) is 1. The number of urea groups is 1. The van der Waals surface area contributed by atoms with E-state index in [4.69, 9.17) is 10.5 Å². The molecule has 0 spiro atoms. The highest BCUT2D eigenvalue weighted by atomic mass is 19.3. The third kappa shape index (κ3) is 4.72. The van der Waals surface area contributed by atoms with E-state index in [1.54, 1.807) is 30.3 Å². The van der Waals surface area contributed by atoms with Crippen LogP contribution in [-0.2, 0) is 4.79 Å². The van der Waals surface area contributed by atoms with E-state index in [0.717, 1.165) is 4.90 Å². The fourth-order valence-electron chi connectivity index (χ4n) is 3.56. The first-order chi connectivity index (χ1) is 16.2. The maximum atomic E-state index is 13.2. The predicted molar refractivity (Wildman–Crippen MR) is 120 cm³/mol. The molecule has 1 aromatic heterocycles. The molecule has 1 aliphatic heterocycles. The van der Waals surface area contributed by atoms with Crippen molar-refractivity contribution in [2.45, 2.75) is 26.4 Å². The standard InChI is InChI=1S/C23H21F2N5O4/c1-13(2)17-11-16(33-19-8-9-27-22(26)28-19)6-7-18(17)30-20(31)12-29(23(30)32)14-4-3-5-15(10-14)34-21(24)25/h3-11,13,21H,12H2,1-2H3,(H2,26,27,28). The number of nitrogen functional groups attached to an aromatic ring is 1. The SMILES string of the molecule is CC(C)c1cc(Oc2ccnc(N)n2)ccc1N1C(=O)CN(c2cccc(OC(F)F)c2)C1=O. The Morgan fingerprint density at radius 2 is 1.85 bits per heavy atom. The number of imide groups is 1. The average molecular weight is 469 g/mol. The summed E-state index contributed by atoms with van der Waals surface area (Å²) in [7, 11) is 0. The monoisotopic (exact) mass is 469 g/mol. The molecule has 0 saturated carbocycles. The van der Waals surface area contributed by atoms with Crippen molar-refractivity contribution >= 4 is 29.3 Å². The van der Waals surface area contributed by atoms with Gasteiger partial charge in [-0.25, -0.2) is 14.7 Å². The second-order valence-corrected chi connectivity index (χ2v) is 7.70. The normalized spacial score (nSPS) is 13.8. The lowest BCUT2D eigenvalue weighted by atomic mass is 10.00. The van der Waals surface area contributed by atoms with Crippen molar-refractivity contribution < 1.29 is 27.8 Å². The summed E-state index contributed by atoms with van der Waals surface area (Å²) in [6.07, 6.45) is 1.47. The highest BCUT2D eigenvalue weighted by molar-refractivity contribution is 6.27. The van der Waals surface area contributed by atoms with E-state index in [2.05, 4.69) is 14.7 Å². The molecular formula is C23H21F2N5O4. The van der Waals surface area contributed by atoms with Gasteiger partial charge in [-0.05, 0) is 41.8 Å². The minimum absolute atomic E-state index is 0.0635. The molecule has 0 aliphatic carbocycles. The van der Waals surface area contributed by atoms with Gasteiger partial charge >= 0.3 is 12.6 Å². The first-order valence-electron chi connectivity index (χ1n) is 10.3. The van der Waals surface area contributed by atoms with E-state index >= 15 is 0 Å². The van der Waals surface area contributed by atoms with E-state index in [0.29, 0.717) is 17.0 Å². The molecule has 1 saturated heterocycles. The number of hydrogen-bond acceptors (Lipinski definition) is 7. The number of benzene rings is 2. The van der Waals surface area contributed by atoms with Crippen LogP contribution in [0.1, 0.15) is 25.3 Å². The molecule has 1 fully saturated rings. The lowest BCUT2D eigenvalue weighted by Crippen LogP contribution is -2.33. The fraction of sp³-hybridized carbons (Fsp3) is 0.217. The van der Waals surface area contributed by atoms with Crippen molar-refractivity contribution in [2.24, 2.45) is 0 Å². The molecule has 3 amide bonds. The van der Waals surface area contributed by atoms with Gasteiger partial charge in [0.05, 0.1) is 5.69 Å². The highest BCUT2D eigenvalue weighted by Crippen LogP contribution is 2.36. The summed E-state index contributed by atoms with van der Waals surface area (Å²) >= 11 is 0.